The summed E-state index contributed by atoms with van der Waals surface area (Å²) in [5.41, 5.74) is 0. The van der Waals surface area contributed by atoms with E-state index in [2.05, 4.69) is 6.92 Å². The Bertz CT molecular complexity index is 82.2. The standard InChI is InChI=1S/C4H8O.C4H9.H2O.Sn/c1-2-3-4-5;1-3-4-2;;/h1-4H2;1,3-4H2,2H3;1H2;/q-1;;;+1. The van der Waals surface area contributed by atoms with Gasteiger partial charge in [0.1, 0.15) is 0 Å². The zero-order valence-electron chi connectivity index (χ0n) is 7.36. The van der Waals surface area contributed by atoms with Crippen molar-refractivity contribution in [3.63, 3.8) is 0 Å². The fourth-order valence-electron chi connectivity index (χ4n) is 1.28. The van der Waals surface area contributed by atoms with Gasteiger partial charge in [0.2, 0.25) is 0 Å². The van der Waals surface area contributed by atoms with Crippen LogP contribution in [0.3, 0.4) is 0 Å². The van der Waals surface area contributed by atoms with Gasteiger partial charge in [-0.3, -0.25) is 0 Å². The van der Waals surface area contributed by atoms with E-state index in [1.807, 2.05) is 0 Å². The van der Waals surface area contributed by atoms with Crippen LogP contribution >= 0.6 is 0 Å². The van der Waals surface area contributed by atoms with Crippen molar-refractivity contribution >= 4 is 20.2 Å². The summed E-state index contributed by atoms with van der Waals surface area (Å²) in [6, 6.07) is 0. The maximum Gasteiger partial charge on any atom is -0.412 e. The average Bonchev–Trinajstić information content (AvgIpc) is 2.03. The van der Waals surface area contributed by atoms with Crippen molar-refractivity contribution in [3.05, 3.63) is 0 Å². The van der Waals surface area contributed by atoms with E-state index in [9.17, 15) is 0 Å². The SMILES string of the molecule is CCC[CH2][Sn]1[CH2]CCC[O]1.O. The summed E-state index contributed by atoms with van der Waals surface area (Å²) in [4.78, 5) is 0. The third-order valence-corrected chi connectivity index (χ3v) is 8.91. The molecule has 0 aromatic carbocycles. The summed E-state index contributed by atoms with van der Waals surface area (Å²) in [7, 11) is 0. The van der Waals surface area contributed by atoms with Gasteiger partial charge in [-0.15, -0.1) is 0 Å². The maximum atomic E-state index is 5.78. The average molecular weight is 266 g/mol. The van der Waals surface area contributed by atoms with Gasteiger partial charge in [0, 0.05) is 0 Å². The summed E-state index contributed by atoms with van der Waals surface area (Å²) >= 11 is -1.16. The minimum Gasteiger partial charge on any atom is -0.412 e. The minimum atomic E-state index is -1.16. The Morgan fingerprint density at radius 3 is 2.73 bits per heavy atom. The quantitative estimate of drug-likeness (QED) is 0.717. The molecule has 0 aromatic rings. The Balaban J connectivity index is 0.000001000. The predicted molar refractivity (Wildman–Crippen MR) is 49.1 cm³/mol. The van der Waals surface area contributed by atoms with E-state index in [-0.39, 0.29) is 5.48 Å². The molecule has 2 N–H and O–H groups in total. The molecule has 1 saturated heterocycles. The Hall–Kier alpha value is 0.719. The zero-order chi connectivity index (χ0) is 7.23. The fourth-order valence-corrected chi connectivity index (χ4v) is 8.03. The van der Waals surface area contributed by atoms with Crippen molar-refractivity contribution < 1.29 is 8.55 Å². The molecule has 0 saturated carbocycles. The molecule has 67 valence electrons. The molecule has 1 rings (SSSR count). The van der Waals surface area contributed by atoms with Gasteiger partial charge in [-0.1, -0.05) is 0 Å². The van der Waals surface area contributed by atoms with Crippen molar-refractivity contribution in [2.75, 3.05) is 6.61 Å². The second-order valence-corrected chi connectivity index (χ2v) is 9.70. The number of unbranched alkanes of at least 4 members (excludes halogenated alkanes) is 1. The number of rotatable bonds is 3. The molecule has 1 radical (unpaired) electrons. The topological polar surface area (TPSA) is 40.7 Å². The van der Waals surface area contributed by atoms with Crippen LogP contribution in [-0.2, 0) is 3.07 Å². The molecular weight excluding hydrogens is 247 g/mol. The van der Waals surface area contributed by atoms with Crippen molar-refractivity contribution in [2.24, 2.45) is 0 Å². The molecule has 0 bridgehead atoms. The van der Waals surface area contributed by atoms with Crippen LogP contribution in [0.4, 0.5) is 0 Å². The Morgan fingerprint density at radius 2 is 2.18 bits per heavy atom. The molecule has 3 heteroatoms. The van der Waals surface area contributed by atoms with Gasteiger partial charge < -0.3 is 5.48 Å². The first-order valence-electron chi connectivity index (χ1n) is 4.41. The molecule has 0 spiro atoms. The van der Waals surface area contributed by atoms with Gasteiger partial charge in [0.05, 0.1) is 0 Å². The van der Waals surface area contributed by atoms with Gasteiger partial charge in [-0.2, -0.15) is 0 Å². The van der Waals surface area contributed by atoms with Crippen LogP contribution in [0.2, 0.25) is 8.87 Å². The molecule has 1 fully saturated rings. The van der Waals surface area contributed by atoms with Gasteiger partial charge in [0.15, 0.2) is 0 Å². The summed E-state index contributed by atoms with van der Waals surface area (Å²) in [5, 5.41) is 0. The number of hydrogen-bond acceptors (Lipinski definition) is 1. The zero-order valence-corrected chi connectivity index (χ0v) is 10.2. The molecule has 0 atom stereocenters. The van der Waals surface area contributed by atoms with Crippen LogP contribution in [0, 0.1) is 0 Å². The van der Waals surface area contributed by atoms with Crippen LogP contribution in [0.15, 0.2) is 0 Å². The third-order valence-electron chi connectivity index (χ3n) is 1.97. The van der Waals surface area contributed by atoms with Crippen LogP contribution in [0.25, 0.3) is 0 Å². The molecular formula is C8H19O2Sn. The predicted octanol–water partition coefficient (Wildman–Crippen LogP) is 1.76. The second kappa shape index (κ2) is 7.37. The minimum absolute atomic E-state index is 0. The van der Waals surface area contributed by atoms with Crippen LogP contribution in [-0.4, -0.2) is 32.3 Å². The van der Waals surface area contributed by atoms with E-state index in [0.717, 1.165) is 6.61 Å². The van der Waals surface area contributed by atoms with Crippen LogP contribution in [0.5, 0.6) is 0 Å². The van der Waals surface area contributed by atoms with E-state index >= 15 is 0 Å². The van der Waals surface area contributed by atoms with Gasteiger partial charge >= 0.3 is 71.3 Å². The molecule has 0 aliphatic carbocycles. The van der Waals surface area contributed by atoms with E-state index in [1.54, 1.807) is 0 Å². The fraction of sp³-hybridized carbons (Fsp3) is 1.00. The Kier molecular flexibility index (Phi) is 7.85. The molecule has 0 amide bonds. The largest absolute Gasteiger partial charge is 0.412 e. The summed E-state index contributed by atoms with van der Waals surface area (Å²) in [5.74, 6) is 0. The summed E-state index contributed by atoms with van der Waals surface area (Å²) in [6.45, 7) is 3.37. The van der Waals surface area contributed by atoms with Crippen molar-refractivity contribution in [1.29, 1.82) is 0 Å². The molecule has 1 aliphatic rings. The van der Waals surface area contributed by atoms with Gasteiger partial charge in [-0.05, 0) is 0 Å². The van der Waals surface area contributed by atoms with E-state index < -0.39 is 20.2 Å². The first-order valence-corrected chi connectivity index (χ1v) is 9.61. The molecule has 1 heterocycles. The summed E-state index contributed by atoms with van der Waals surface area (Å²) < 4.78 is 8.76. The second-order valence-electron chi connectivity index (χ2n) is 2.95. The number of hydrogen-bond donors (Lipinski definition) is 0. The van der Waals surface area contributed by atoms with Crippen LogP contribution in [0.1, 0.15) is 32.6 Å². The smallest absolute Gasteiger partial charge is 0.412 e. The maximum absolute atomic E-state index is 5.78. The van der Waals surface area contributed by atoms with Gasteiger partial charge in [-0.25, -0.2) is 0 Å². The van der Waals surface area contributed by atoms with Crippen molar-refractivity contribution in [2.45, 2.75) is 41.5 Å². The van der Waals surface area contributed by atoms with Crippen LogP contribution < -0.4 is 0 Å². The molecule has 11 heavy (non-hydrogen) atoms. The molecule has 2 nitrogen and oxygen atoms in total. The van der Waals surface area contributed by atoms with Crippen molar-refractivity contribution in [1.82, 2.24) is 0 Å². The summed E-state index contributed by atoms with van der Waals surface area (Å²) in [6.07, 6.45) is 5.58. The van der Waals surface area contributed by atoms with Crippen molar-refractivity contribution in [3.8, 4) is 0 Å². The van der Waals surface area contributed by atoms with E-state index in [1.165, 1.54) is 34.6 Å². The first kappa shape index (κ1) is 11.7. The van der Waals surface area contributed by atoms with E-state index in [4.69, 9.17) is 3.07 Å². The van der Waals surface area contributed by atoms with E-state index in [0.29, 0.717) is 0 Å². The monoisotopic (exact) mass is 267 g/mol. The Labute approximate surface area is 76.9 Å². The Morgan fingerprint density at radius 1 is 1.36 bits per heavy atom. The molecule has 0 aromatic heterocycles. The van der Waals surface area contributed by atoms with Gasteiger partial charge in [0.25, 0.3) is 0 Å². The normalized spacial score (nSPS) is 19.4. The molecule has 1 aliphatic heterocycles. The molecule has 0 unspecified atom stereocenters. The first-order chi connectivity index (χ1) is 4.93. The third kappa shape index (κ3) is 5.04.